The standard InChI is InChI=1S/C31H35N7O2.C30H35N7O2.C29H34N8O2/c1-30(2)25-9-8-10-26(34-25)38-27-23(28(39)37(38)15-6-4-5-7-16-40-30)18-32-29(35-27)33-22-11-12-24-21(17-22)19-36(3)20-31(24)13-14-31;1-29(2)19-35(5)18-20-16-21(12-13-23(20)29)32-28-31-17-22-26(34-28)37-25-11-9-10-24(33-25)30(3,4)39-15-8-6-7-14-36(37)27(22)38;1-29(2)24-8-7-9-25(32-24)37-26-23(27(38)36(37)14-5-4-6-19-39-29)20-30-28(33-26)31-21-10-12-22(13-11-21)35-17-15-34(3)16-18-35/h4,6,8-12,17-18H,5,7,13-16,19-20H2,1-3H3,(H,32,33,35);6-7,9-13,16-17H,8,14-15,18-19H2,1-5H3,(H,31,32,34);4-5,7-13,20H,6,14-19H2,1-3H3,(H,30,31,33). The van der Waals surface area contributed by atoms with E-state index < -0.39 is 16.8 Å². The van der Waals surface area contributed by atoms with E-state index in [0.717, 1.165) is 112 Å². The molecule has 19 rings (SSSR count). The highest BCUT2D eigenvalue weighted by atomic mass is 16.5. The maximum absolute atomic E-state index is 13.6. The van der Waals surface area contributed by atoms with Crippen LogP contribution in [0.4, 0.5) is 40.6 Å². The molecule has 1 saturated heterocycles. The molecule has 28 heteroatoms. The van der Waals surface area contributed by atoms with E-state index in [1.807, 2.05) is 143 Å². The average molecular weight is 1590 g/mol. The summed E-state index contributed by atoms with van der Waals surface area (Å²) in [6.45, 7) is 27.8. The van der Waals surface area contributed by atoms with E-state index in [0.29, 0.717) is 113 Å². The van der Waals surface area contributed by atoms with Crippen molar-refractivity contribution in [3.8, 4) is 17.5 Å². The van der Waals surface area contributed by atoms with Gasteiger partial charge in [-0.2, -0.15) is 15.0 Å². The van der Waals surface area contributed by atoms with Gasteiger partial charge in [-0.15, -0.1) is 0 Å². The van der Waals surface area contributed by atoms with Gasteiger partial charge in [0.15, 0.2) is 34.4 Å². The van der Waals surface area contributed by atoms with E-state index in [9.17, 15) is 14.4 Å². The third kappa shape index (κ3) is 16.1. The summed E-state index contributed by atoms with van der Waals surface area (Å²) >= 11 is 0. The second kappa shape index (κ2) is 32.0. The van der Waals surface area contributed by atoms with E-state index in [1.165, 1.54) is 40.8 Å². The first kappa shape index (κ1) is 78.8. The minimum Gasteiger partial charge on any atom is -0.369 e. The van der Waals surface area contributed by atoms with Gasteiger partial charge in [0.2, 0.25) is 17.8 Å². The van der Waals surface area contributed by atoms with E-state index >= 15 is 0 Å². The maximum atomic E-state index is 13.6. The summed E-state index contributed by atoms with van der Waals surface area (Å²) in [6, 6.07) is 38.8. The van der Waals surface area contributed by atoms with Gasteiger partial charge in [0.25, 0.3) is 16.7 Å². The molecule has 0 unspecified atom stereocenters. The molecule has 1 spiro atoms. The number of piperazine rings is 1. The maximum Gasteiger partial charge on any atom is 0.278 e. The molecular weight excluding hydrogens is 1490 g/mol. The van der Waals surface area contributed by atoms with Crippen LogP contribution in [0.5, 0.6) is 0 Å². The number of pyridine rings is 3. The fraction of sp³-hybridized carbons (Fsp3) is 0.400. The molecule has 1 aliphatic carbocycles. The highest BCUT2D eigenvalue weighted by Gasteiger charge is 2.48. The van der Waals surface area contributed by atoms with Crippen LogP contribution >= 0.6 is 0 Å². The molecule has 0 atom stereocenters. The lowest BCUT2D eigenvalue weighted by molar-refractivity contribution is -0.0256. The van der Waals surface area contributed by atoms with Gasteiger partial charge in [0.1, 0.15) is 33.0 Å². The fourth-order valence-corrected chi connectivity index (χ4v) is 17.1. The summed E-state index contributed by atoms with van der Waals surface area (Å²) in [5, 5.41) is 11.4. The van der Waals surface area contributed by atoms with Crippen LogP contribution in [-0.4, -0.2) is 168 Å². The molecule has 3 N–H and O–H groups in total. The van der Waals surface area contributed by atoms with Crippen LogP contribution in [0.3, 0.4) is 0 Å². The number of likely N-dealkylation sites (N-methyl/N-ethyl adjacent to an activating group) is 3. The van der Waals surface area contributed by atoms with E-state index in [2.05, 4.69) is 140 Å². The van der Waals surface area contributed by atoms with Crippen LogP contribution in [0.25, 0.3) is 50.6 Å². The number of ether oxygens (including phenoxy) is 3. The van der Waals surface area contributed by atoms with Gasteiger partial charge in [-0.3, -0.25) is 14.4 Å². The first-order valence-electron chi connectivity index (χ1n) is 41.1. The molecule has 9 aromatic heterocycles. The quantitative estimate of drug-likeness (QED) is 0.125. The van der Waals surface area contributed by atoms with Crippen LogP contribution in [0.2, 0.25) is 0 Å². The van der Waals surface area contributed by atoms with Crippen LogP contribution in [0, 0.1) is 0 Å². The number of fused-ring (bicyclic) bond motifs is 21. The molecule has 28 nitrogen and oxygen atoms in total. The number of aromatic nitrogens is 15. The second-order valence-electron chi connectivity index (χ2n) is 34.2. The highest BCUT2D eigenvalue weighted by Crippen LogP contribution is 2.52. The Morgan fingerprint density at radius 3 is 1.25 bits per heavy atom. The number of rotatable bonds is 7. The molecule has 7 aliphatic rings. The number of hydrogen-bond donors (Lipinski definition) is 3. The third-order valence-electron chi connectivity index (χ3n) is 23.5. The highest BCUT2D eigenvalue weighted by molar-refractivity contribution is 5.80. The summed E-state index contributed by atoms with van der Waals surface area (Å²) in [6.07, 6.45) is 22.8. The van der Waals surface area contributed by atoms with Crippen LogP contribution < -0.4 is 37.5 Å². The molecule has 2 fully saturated rings. The summed E-state index contributed by atoms with van der Waals surface area (Å²) in [7, 11) is 6.51. The van der Waals surface area contributed by atoms with E-state index in [-0.39, 0.29) is 22.1 Å². The second-order valence-corrected chi connectivity index (χ2v) is 34.2. The zero-order chi connectivity index (χ0) is 81.8. The largest absolute Gasteiger partial charge is 0.369 e. The van der Waals surface area contributed by atoms with Crippen molar-refractivity contribution in [2.75, 3.05) is 101 Å². The van der Waals surface area contributed by atoms with Crippen molar-refractivity contribution >= 4 is 73.7 Å². The van der Waals surface area contributed by atoms with Gasteiger partial charge in [0.05, 0.1) is 49.9 Å². The number of nitrogens with zero attached hydrogens (tertiary/aromatic N) is 19. The Kier molecular flexibility index (Phi) is 21.4. The summed E-state index contributed by atoms with van der Waals surface area (Å²) in [5.41, 5.74) is 11.6. The van der Waals surface area contributed by atoms with E-state index in [4.69, 9.17) is 44.1 Å². The molecular formula is C90H104N22O6. The summed E-state index contributed by atoms with van der Waals surface area (Å²) in [4.78, 5) is 92.8. The molecule has 15 heterocycles. The lowest BCUT2D eigenvalue weighted by atomic mass is 9.78. The zero-order valence-electron chi connectivity index (χ0n) is 69.3. The van der Waals surface area contributed by atoms with Gasteiger partial charge in [-0.1, -0.05) is 80.6 Å². The molecule has 3 aromatic carbocycles. The molecule has 1 saturated carbocycles. The number of anilines is 7. The van der Waals surface area contributed by atoms with Gasteiger partial charge in [-0.05, 0) is 208 Å². The number of benzene rings is 3. The van der Waals surface area contributed by atoms with Crippen molar-refractivity contribution in [1.82, 2.24) is 87.6 Å². The van der Waals surface area contributed by atoms with Gasteiger partial charge in [-0.25, -0.2) is 58.0 Å². The number of hydrogen-bond acceptors (Lipinski definition) is 22. The Balaban J connectivity index is 0.000000127. The first-order chi connectivity index (χ1) is 56.8. The Hall–Kier alpha value is -11.7. The van der Waals surface area contributed by atoms with Crippen molar-refractivity contribution in [2.24, 2.45) is 0 Å². The van der Waals surface area contributed by atoms with Gasteiger partial charge >= 0.3 is 0 Å². The van der Waals surface area contributed by atoms with Crippen molar-refractivity contribution in [3.05, 3.63) is 241 Å². The first-order valence-corrected chi connectivity index (χ1v) is 41.1. The zero-order valence-corrected chi connectivity index (χ0v) is 69.3. The van der Waals surface area contributed by atoms with Crippen molar-refractivity contribution in [3.63, 3.8) is 0 Å². The van der Waals surface area contributed by atoms with Crippen molar-refractivity contribution in [1.29, 1.82) is 0 Å². The van der Waals surface area contributed by atoms with Crippen molar-refractivity contribution < 1.29 is 14.2 Å². The minimum absolute atomic E-state index is 0.0886. The smallest absolute Gasteiger partial charge is 0.278 e. The van der Waals surface area contributed by atoms with Crippen LogP contribution in [0.15, 0.2) is 185 Å². The SMILES string of the molecule is CN1CCN(c2ccc(Nc3ncc4c(=O)n5n(c4n3)-c3cccc(n3)C(C)(C)OCCC=CC5)cc2)CC1.CN1Cc2cc(Nc3ncc4c(=O)n5n(c4n3)-c3cccc(n3)C(C)(C)OCCC=CC5)ccc2C(C)(C)C1.CN1Cc2cc(Nc3ncc4c(=O)n5n(c4n3)-c3cccc(n3)C(C)(C)OCCCC=CC5)ccc2C2(CC2)C1. The number of nitrogens with one attached hydrogen (secondary N) is 3. The molecule has 610 valence electrons. The summed E-state index contributed by atoms with van der Waals surface area (Å²) in [5.74, 6) is 3.10. The minimum atomic E-state index is -0.575. The molecule has 6 bridgehead atoms. The molecule has 12 aromatic rings. The topological polar surface area (TPSA) is 274 Å². The molecule has 0 amide bonds. The van der Waals surface area contributed by atoms with Crippen LogP contribution in [0.1, 0.15) is 133 Å². The predicted octanol–water partition coefficient (Wildman–Crippen LogP) is 13.1. The Labute approximate surface area is 685 Å². The lowest BCUT2D eigenvalue weighted by Gasteiger charge is -2.38. The van der Waals surface area contributed by atoms with Gasteiger partial charge in [0, 0.05) is 111 Å². The Morgan fingerprint density at radius 1 is 0.398 bits per heavy atom. The third-order valence-corrected chi connectivity index (χ3v) is 23.5. The summed E-state index contributed by atoms with van der Waals surface area (Å²) < 4.78 is 28.9. The van der Waals surface area contributed by atoms with Crippen LogP contribution in [-0.2, 0) is 74.6 Å². The molecule has 118 heavy (non-hydrogen) atoms. The Morgan fingerprint density at radius 2 is 0.797 bits per heavy atom. The monoisotopic (exact) mass is 1590 g/mol. The van der Waals surface area contributed by atoms with Crippen molar-refractivity contribution in [2.45, 2.75) is 154 Å². The average Bonchev–Trinajstić information content (AvgIpc) is 1.54. The predicted molar refractivity (Wildman–Crippen MR) is 461 cm³/mol. The number of allylic oxidation sites excluding steroid dienone is 4. The Bertz CT molecular complexity index is 6070. The van der Waals surface area contributed by atoms with Gasteiger partial charge < -0.3 is 49.8 Å². The fourth-order valence-electron chi connectivity index (χ4n) is 17.1. The van der Waals surface area contributed by atoms with E-state index in [1.54, 1.807) is 42.0 Å². The molecule has 6 aliphatic heterocycles. The normalized spacial score (nSPS) is 18.8. The molecule has 0 radical (unpaired) electrons. The lowest BCUT2D eigenvalue weighted by Crippen LogP contribution is -2.44.